The number of nitrogens with zero attached hydrogens (tertiary/aromatic N) is 6. The Morgan fingerprint density at radius 2 is 1.88 bits per heavy atom. The van der Waals surface area contributed by atoms with Crippen molar-refractivity contribution in [2.45, 2.75) is 81.0 Å². The van der Waals surface area contributed by atoms with E-state index < -0.39 is 17.6 Å². The van der Waals surface area contributed by atoms with Gasteiger partial charge in [0.1, 0.15) is 23.8 Å². The fourth-order valence-corrected chi connectivity index (χ4v) is 9.33. The number of fused-ring (bicyclic) bond motifs is 3. The van der Waals surface area contributed by atoms with Crippen molar-refractivity contribution in [3.8, 4) is 12.1 Å². The molecule has 2 aromatic heterocycles. The predicted molar refractivity (Wildman–Crippen MR) is 153 cm³/mol. The number of piperidine rings is 1. The normalized spacial score (nSPS) is 30.7. The van der Waals surface area contributed by atoms with Gasteiger partial charge in [-0.1, -0.05) is 0 Å². The van der Waals surface area contributed by atoms with Gasteiger partial charge in [-0.25, -0.2) is 4.39 Å². The smallest absolute Gasteiger partial charge is 0.320 e. The van der Waals surface area contributed by atoms with E-state index in [1.807, 2.05) is 4.90 Å². The second kappa shape index (κ2) is 9.64. The van der Waals surface area contributed by atoms with Crippen molar-refractivity contribution in [2.24, 2.45) is 0 Å². The van der Waals surface area contributed by atoms with E-state index in [0.29, 0.717) is 56.0 Å². The molecule has 0 aromatic carbocycles. The molecular weight excluding hydrogens is 548 g/mol. The molecule has 0 bridgehead atoms. The molecule has 1 spiro atoms. The number of aliphatic hydroxyl groups is 1. The summed E-state index contributed by atoms with van der Waals surface area (Å²) in [5, 5.41) is 21.2. The number of nitrogen functional groups attached to an aromatic ring is 1. The molecule has 0 radical (unpaired) electrons. The van der Waals surface area contributed by atoms with Crippen LogP contribution in [0.2, 0.25) is 0 Å². The third kappa shape index (κ3) is 4.43. The predicted octanol–water partition coefficient (Wildman–Crippen LogP) is 3.53. The molecule has 12 heteroatoms. The highest BCUT2D eigenvalue weighted by Crippen LogP contribution is 2.51. The number of aromatic nitrogens is 2. The highest BCUT2D eigenvalue weighted by molar-refractivity contribution is 7.16. The molecule has 4 saturated heterocycles. The van der Waals surface area contributed by atoms with Crippen molar-refractivity contribution in [2.75, 3.05) is 61.4 Å². The van der Waals surface area contributed by atoms with Crippen LogP contribution in [0.5, 0.6) is 6.01 Å². The summed E-state index contributed by atoms with van der Waals surface area (Å²) in [5.41, 5.74) is 6.22. The number of nitriles is 1. The Morgan fingerprint density at radius 3 is 2.63 bits per heavy atom. The van der Waals surface area contributed by atoms with Crippen molar-refractivity contribution in [1.29, 1.82) is 5.26 Å². The number of hydrogen-bond donors (Lipinski definition) is 2. The van der Waals surface area contributed by atoms with Gasteiger partial charge in [-0.2, -0.15) is 19.6 Å². The first kappa shape index (κ1) is 27.1. The summed E-state index contributed by atoms with van der Waals surface area (Å²) in [4.78, 5) is 16.1. The molecule has 2 aromatic rings. The summed E-state index contributed by atoms with van der Waals surface area (Å²) in [6.07, 6.45) is 5.55. The van der Waals surface area contributed by atoms with Crippen molar-refractivity contribution in [3.63, 3.8) is 0 Å². The van der Waals surface area contributed by atoms with Gasteiger partial charge in [0.25, 0.3) is 0 Å². The third-order valence-corrected chi connectivity index (χ3v) is 11.1. The number of rotatable bonds is 5. The number of hydrogen-bond acceptors (Lipinski definition) is 10. The third-order valence-electron chi connectivity index (χ3n) is 10.00. The van der Waals surface area contributed by atoms with Gasteiger partial charge < -0.3 is 25.4 Å². The average molecular weight is 586 g/mol. The number of β-amino-alcohol motifs (C(OH)–C–C–N with tert-alkyl or cyclic N) is 1. The Morgan fingerprint density at radius 1 is 1.12 bits per heavy atom. The van der Waals surface area contributed by atoms with Gasteiger partial charge in [0.2, 0.25) is 5.82 Å². The van der Waals surface area contributed by atoms with E-state index in [-0.39, 0.29) is 41.8 Å². The van der Waals surface area contributed by atoms with E-state index in [9.17, 15) is 14.8 Å². The largest absolute Gasteiger partial charge is 0.461 e. The van der Waals surface area contributed by atoms with Crippen LogP contribution in [0, 0.1) is 17.1 Å². The van der Waals surface area contributed by atoms with Gasteiger partial charge in [0.05, 0.1) is 16.7 Å². The van der Waals surface area contributed by atoms with Crippen molar-refractivity contribution < 1.29 is 18.6 Å². The Hall–Kier alpha value is -2.75. The van der Waals surface area contributed by atoms with Crippen LogP contribution in [0.25, 0.3) is 0 Å². The monoisotopic (exact) mass is 585 g/mol. The maximum Gasteiger partial charge on any atom is 0.320 e. The number of anilines is 3. The molecule has 7 rings (SSSR count). The fraction of sp³-hybridized carbons (Fsp3) is 0.690. The maximum atomic E-state index is 16.3. The quantitative estimate of drug-likeness (QED) is 0.544. The summed E-state index contributed by atoms with van der Waals surface area (Å²) in [7, 11) is 0. The van der Waals surface area contributed by atoms with Crippen LogP contribution in [0.1, 0.15) is 67.9 Å². The van der Waals surface area contributed by atoms with E-state index >= 15 is 4.39 Å². The topological polar surface area (TPSA) is 115 Å². The average Bonchev–Trinajstić information content (AvgIpc) is 3.54. The molecule has 41 heavy (non-hydrogen) atoms. The Bertz CT molecular complexity index is 1400. The zero-order valence-corrected chi connectivity index (χ0v) is 24.3. The van der Waals surface area contributed by atoms with Gasteiger partial charge in [-0.05, 0) is 64.0 Å². The zero-order chi connectivity index (χ0) is 28.6. The molecule has 0 amide bonds. The van der Waals surface area contributed by atoms with Crippen LogP contribution in [-0.2, 0) is 11.8 Å². The molecule has 0 unspecified atom stereocenters. The van der Waals surface area contributed by atoms with Crippen LogP contribution in [0.3, 0.4) is 0 Å². The first-order chi connectivity index (χ1) is 19.6. The van der Waals surface area contributed by atoms with Crippen LogP contribution in [-0.4, -0.2) is 83.2 Å². The van der Waals surface area contributed by atoms with E-state index in [1.54, 1.807) is 11.8 Å². The minimum absolute atomic E-state index is 0.0768. The second-order valence-corrected chi connectivity index (χ2v) is 14.2. The number of aryl methyl sites for hydroxylation is 1. The first-order valence-electron chi connectivity index (χ1n) is 14.8. The van der Waals surface area contributed by atoms with Crippen LogP contribution in [0.15, 0.2) is 0 Å². The molecule has 4 aliphatic heterocycles. The number of halogens is 2. The molecule has 3 N–H and O–H groups in total. The number of alkyl halides is 1. The Labute approximate surface area is 242 Å². The van der Waals surface area contributed by atoms with E-state index in [4.69, 9.17) is 10.5 Å². The van der Waals surface area contributed by atoms with Crippen LogP contribution >= 0.6 is 11.3 Å². The molecular formula is C29H37F2N7O2S. The Kier molecular flexibility index (Phi) is 6.37. The first-order valence-corrected chi connectivity index (χ1v) is 15.6. The van der Waals surface area contributed by atoms with Gasteiger partial charge in [0.15, 0.2) is 11.6 Å². The summed E-state index contributed by atoms with van der Waals surface area (Å²) in [6, 6.07) is 2.39. The van der Waals surface area contributed by atoms with Crippen LogP contribution < -0.4 is 20.3 Å². The highest BCUT2D eigenvalue weighted by atomic mass is 32.1. The summed E-state index contributed by atoms with van der Waals surface area (Å²) < 4.78 is 36.9. The summed E-state index contributed by atoms with van der Waals surface area (Å²) in [6.45, 7) is 5.16. The zero-order valence-electron chi connectivity index (χ0n) is 23.5. The number of ether oxygens (including phenoxy) is 1. The van der Waals surface area contributed by atoms with Crippen molar-refractivity contribution in [1.82, 2.24) is 14.9 Å². The number of nitrogens with two attached hydrogens (primary N) is 1. The molecule has 1 aliphatic carbocycles. The van der Waals surface area contributed by atoms with E-state index in [1.165, 1.54) is 11.3 Å². The summed E-state index contributed by atoms with van der Waals surface area (Å²) in [5.74, 6) is -0.231. The Balaban J connectivity index is 1.21. The van der Waals surface area contributed by atoms with Gasteiger partial charge in [-0.15, -0.1) is 11.3 Å². The molecule has 3 atom stereocenters. The molecule has 9 nitrogen and oxygen atoms in total. The van der Waals surface area contributed by atoms with Crippen LogP contribution in [0.4, 0.5) is 25.4 Å². The lowest BCUT2D eigenvalue weighted by Gasteiger charge is -2.53. The molecule has 5 aliphatic rings. The lowest BCUT2D eigenvalue weighted by atomic mass is 9.66. The lowest BCUT2D eigenvalue weighted by molar-refractivity contribution is 0.0444. The lowest BCUT2D eigenvalue weighted by Crippen LogP contribution is -2.61. The minimum atomic E-state index is -0.952. The maximum absolute atomic E-state index is 16.3. The summed E-state index contributed by atoms with van der Waals surface area (Å²) >= 11 is 1.50. The van der Waals surface area contributed by atoms with Gasteiger partial charge >= 0.3 is 6.01 Å². The SMILES string of the molecule is C[C@@]1(O)CCCN(c2nc(OC[C@@]34CCCN3C[C@H](F)C4)nc(N3CC4(CCCc5sc(N)c(C#N)c54)C3)c2F)C1. The standard InChI is InChI=1S/C29H37F2N7O2S/c1-27(39)6-3-9-36(14-27)24-22(31)25(35-26(34-24)40-17-29-8-4-10-38(29)13-18(30)11-29)37-15-28(16-37)7-2-5-20-21(28)19(12-32)23(33)41-20/h18,39H,2-11,13-17,33H2,1H3/t18-,27-,29+/m1/s1. The molecule has 220 valence electrons. The van der Waals surface area contributed by atoms with Crippen molar-refractivity contribution >= 4 is 28.0 Å². The molecule has 4 fully saturated rings. The highest BCUT2D eigenvalue weighted by Gasteiger charge is 2.52. The fourth-order valence-electron chi connectivity index (χ4n) is 8.14. The second-order valence-electron chi connectivity index (χ2n) is 13.1. The van der Waals surface area contributed by atoms with E-state index in [2.05, 4.69) is 20.9 Å². The van der Waals surface area contributed by atoms with Gasteiger partial charge in [-0.3, -0.25) is 4.90 Å². The van der Waals surface area contributed by atoms with Crippen molar-refractivity contribution in [3.05, 3.63) is 21.8 Å². The minimum Gasteiger partial charge on any atom is -0.461 e. The molecule has 6 heterocycles. The number of thiophene rings is 1. The molecule has 0 saturated carbocycles. The van der Waals surface area contributed by atoms with E-state index in [0.717, 1.165) is 49.1 Å². The van der Waals surface area contributed by atoms with Gasteiger partial charge in [0, 0.05) is 49.4 Å².